The average Bonchev–Trinajstić information content (AvgIpc) is 2.96. The van der Waals surface area contributed by atoms with Crippen LogP contribution >= 0.6 is 0 Å². The van der Waals surface area contributed by atoms with Crippen LogP contribution in [0, 0.1) is 35.0 Å². The number of hydrogen-bond donors (Lipinski definition) is 2. The van der Waals surface area contributed by atoms with E-state index in [0.717, 1.165) is 11.8 Å². The fourth-order valence-corrected chi connectivity index (χ4v) is 4.75. The van der Waals surface area contributed by atoms with Crippen LogP contribution in [0.1, 0.15) is 32.1 Å². The second-order valence-electron chi connectivity index (χ2n) is 7.07. The number of hydrogen-bond acceptors (Lipinski definition) is 4. The van der Waals surface area contributed by atoms with Gasteiger partial charge in [-0.05, 0) is 61.5 Å². The van der Waals surface area contributed by atoms with Gasteiger partial charge in [0.25, 0.3) is 0 Å². The van der Waals surface area contributed by atoms with Crippen LogP contribution in [0.15, 0.2) is 18.3 Å². The molecular formula is C18H22N4O2. The Morgan fingerprint density at radius 2 is 2.17 bits per heavy atom. The Labute approximate surface area is 141 Å². The van der Waals surface area contributed by atoms with Gasteiger partial charge in [0.15, 0.2) is 11.6 Å². The number of unbranched alkanes of at least 4 members (excludes halogenated alkanes) is 1. The molecule has 2 N–H and O–H groups in total. The molecule has 6 nitrogen and oxygen atoms in total. The molecule has 1 heterocycles. The number of carbonyl (C=O) groups is 1. The van der Waals surface area contributed by atoms with E-state index in [1.54, 1.807) is 18.3 Å². The Bertz CT molecular complexity index is 655. The Morgan fingerprint density at radius 3 is 2.92 bits per heavy atom. The third-order valence-electron chi connectivity index (χ3n) is 5.73. The number of nitriles is 1. The van der Waals surface area contributed by atoms with Gasteiger partial charge < -0.3 is 10.1 Å². The molecule has 0 aromatic carbocycles. The molecule has 4 unspecified atom stereocenters. The number of rotatable bonds is 6. The standard InChI is InChI=1S/C18H22N4O2/c19-7-1-2-9-24-13-4-3-8-20-17(13)22-18(23)21-16-14-11-5-6-12(10-11)15(14)16/h3-4,8,11-12,14-16H,1-2,5-6,9-10H2,(H2,20,21,22,23). The van der Waals surface area contributed by atoms with Crippen LogP contribution in [0.25, 0.3) is 0 Å². The number of urea groups is 1. The Kier molecular flexibility index (Phi) is 4.01. The van der Waals surface area contributed by atoms with Crippen LogP contribution in [0.3, 0.4) is 0 Å². The molecule has 1 aromatic rings. The number of ether oxygens (including phenoxy) is 1. The quantitative estimate of drug-likeness (QED) is 0.787. The van der Waals surface area contributed by atoms with Gasteiger partial charge >= 0.3 is 6.03 Å². The van der Waals surface area contributed by atoms with E-state index < -0.39 is 0 Å². The molecule has 4 rings (SSSR count). The van der Waals surface area contributed by atoms with Crippen molar-refractivity contribution in [1.82, 2.24) is 10.3 Å². The maximum atomic E-state index is 12.3. The topological polar surface area (TPSA) is 87.0 Å². The molecule has 24 heavy (non-hydrogen) atoms. The van der Waals surface area contributed by atoms with Crippen molar-refractivity contribution < 1.29 is 9.53 Å². The van der Waals surface area contributed by atoms with Crippen LogP contribution in [0.5, 0.6) is 5.75 Å². The predicted octanol–water partition coefficient (Wildman–Crippen LogP) is 2.93. The lowest BCUT2D eigenvalue weighted by Gasteiger charge is -2.13. The number of anilines is 1. The number of nitrogens with one attached hydrogen (secondary N) is 2. The first-order valence-corrected chi connectivity index (χ1v) is 8.80. The van der Waals surface area contributed by atoms with Crippen LogP contribution < -0.4 is 15.4 Å². The van der Waals surface area contributed by atoms with Gasteiger partial charge in [0.1, 0.15) is 0 Å². The number of fused-ring (bicyclic) bond motifs is 5. The molecule has 126 valence electrons. The zero-order chi connectivity index (χ0) is 16.5. The van der Waals surface area contributed by atoms with Crippen molar-refractivity contribution in [3.63, 3.8) is 0 Å². The van der Waals surface area contributed by atoms with Crippen molar-refractivity contribution in [3.05, 3.63) is 18.3 Å². The first kappa shape index (κ1) is 15.3. The highest BCUT2D eigenvalue weighted by molar-refractivity contribution is 5.90. The zero-order valence-corrected chi connectivity index (χ0v) is 13.6. The summed E-state index contributed by atoms with van der Waals surface area (Å²) in [6, 6.07) is 5.78. The van der Waals surface area contributed by atoms with Crippen LogP contribution in [0.4, 0.5) is 10.6 Å². The number of nitrogens with zero attached hydrogens (tertiary/aromatic N) is 2. The number of carbonyl (C=O) groups excluding carboxylic acids is 1. The third-order valence-corrected chi connectivity index (χ3v) is 5.73. The third kappa shape index (κ3) is 2.79. The van der Waals surface area contributed by atoms with Crippen LogP contribution in [-0.2, 0) is 0 Å². The fourth-order valence-electron chi connectivity index (χ4n) is 4.75. The van der Waals surface area contributed by atoms with Gasteiger partial charge in [0, 0.05) is 18.7 Å². The summed E-state index contributed by atoms with van der Waals surface area (Å²) in [4.78, 5) is 16.5. The largest absolute Gasteiger partial charge is 0.490 e. The van der Waals surface area contributed by atoms with E-state index in [-0.39, 0.29) is 6.03 Å². The van der Waals surface area contributed by atoms with Gasteiger partial charge in [0.2, 0.25) is 0 Å². The molecule has 2 bridgehead atoms. The second-order valence-corrected chi connectivity index (χ2v) is 7.07. The molecule has 1 aromatic heterocycles. The van der Waals surface area contributed by atoms with E-state index >= 15 is 0 Å². The summed E-state index contributed by atoms with van der Waals surface area (Å²) in [6.45, 7) is 0.436. The molecule has 3 saturated carbocycles. The normalized spacial score (nSPS) is 31.9. The predicted molar refractivity (Wildman–Crippen MR) is 88.3 cm³/mol. The van der Waals surface area contributed by atoms with Crippen molar-refractivity contribution in [2.45, 2.75) is 38.1 Å². The van der Waals surface area contributed by atoms with Crippen LogP contribution in [-0.4, -0.2) is 23.7 Å². The monoisotopic (exact) mass is 326 g/mol. The molecule has 4 atom stereocenters. The summed E-state index contributed by atoms with van der Waals surface area (Å²) in [5, 5.41) is 14.5. The molecule has 3 aliphatic rings. The Morgan fingerprint density at radius 1 is 1.38 bits per heavy atom. The summed E-state index contributed by atoms with van der Waals surface area (Å²) < 4.78 is 5.62. The number of pyridine rings is 1. The van der Waals surface area contributed by atoms with Gasteiger partial charge in [0.05, 0.1) is 12.7 Å². The minimum absolute atomic E-state index is 0.200. The summed E-state index contributed by atoms with van der Waals surface area (Å²) in [6.07, 6.45) is 6.79. The van der Waals surface area contributed by atoms with Gasteiger partial charge in [-0.15, -0.1) is 0 Å². The van der Waals surface area contributed by atoms with Gasteiger partial charge in [-0.1, -0.05) is 0 Å². The molecular weight excluding hydrogens is 304 g/mol. The molecule has 0 spiro atoms. The highest BCUT2D eigenvalue weighted by atomic mass is 16.5. The second kappa shape index (κ2) is 6.31. The van der Waals surface area contributed by atoms with E-state index in [0.29, 0.717) is 48.9 Å². The minimum atomic E-state index is -0.200. The van der Waals surface area contributed by atoms with E-state index in [4.69, 9.17) is 10.00 Å². The van der Waals surface area contributed by atoms with Crippen molar-refractivity contribution in [1.29, 1.82) is 5.26 Å². The number of aromatic nitrogens is 1. The first-order chi connectivity index (χ1) is 11.8. The van der Waals surface area contributed by atoms with E-state index in [1.807, 2.05) is 0 Å². The number of amides is 2. The summed E-state index contributed by atoms with van der Waals surface area (Å²) in [7, 11) is 0. The fraction of sp³-hybridized carbons (Fsp3) is 0.611. The van der Waals surface area contributed by atoms with Gasteiger partial charge in [-0.3, -0.25) is 5.32 Å². The Hall–Kier alpha value is -2.29. The van der Waals surface area contributed by atoms with Crippen LogP contribution in [0.2, 0.25) is 0 Å². The lowest BCUT2D eigenvalue weighted by atomic mass is 10.0. The lowest BCUT2D eigenvalue weighted by molar-refractivity contribution is 0.249. The van der Waals surface area contributed by atoms with E-state index in [9.17, 15) is 4.79 Å². The smallest absolute Gasteiger partial charge is 0.320 e. The molecule has 0 saturated heterocycles. The van der Waals surface area contributed by atoms with Gasteiger partial charge in [-0.2, -0.15) is 5.26 Å². The van der Waals surface area contributed by atoms with Crippen molar-refractivity contribution in [2.75, 3.05) is 11.9 Å². The molecule has 3 fully saturated rings. The molecule has 0 aliphatic heterocycles. The van der Waals surface area contributed by atoms with Gasteiger partial charge in [-0.25, -0.2) is 9.78 Å². The molecule has 0 radical (unpaired) electrons. The first-order valence-electron chi connectivity index (χ1n) is 8.80. The van der Waals surface area contributed by atoms with Crippen molar-refractivity contribution in [2.24, 2.45) is 23.7 Å². The summed E-state index contributed by atoms with van der Waals surface area (Å²) in [5.41, 5.74) is 0. The van der Waals surface area contributed by atoms with E-state index in [1.165, 1.54) is 19.3 Å². The Balaban J connectivity index is 1.31. The summed E-state index contributed by atoms with van der Waals surface area (Å²) >= 11 is 0. The molecule has 6 heteroatoms. The average molecular weight is 326 g/mol. The lowest BCUT2D eigenvalue weighted by Crippen LogP contribution is -2.34. The molecule has 2 amide bonds. The van der Waals surface area contributed by atoms with Crippen molar-refractivity contribution in [3.8, 4) is 11.8 Å². The maximum Gasteiger partial charge on any atom is 0.320 e. The highest BCUT2D eigenvalue weighted by Gasteiger charge is 2.65. The summed E-state index contributed by atoms with van der Waals surface area (Å²) in [5.74, 6) is 4.06. The molecule has 3 aliphatic carbocycles. The SMILES string of the molecule is N#CCCCOc1cccnc1NC(=O)NC1C2C3CCC(C3)C12. The zero-order valence-electron chi connectivity index (χ0n) is 13.6. The highest BCUT2D eigenvalue weighted by Crippen LogP contribution is 2.65. The van der Waals surface area contributed by atoms with Crippen molar-refractivity contribution >= 4 is 11.8 Å². The maximum absolute atomic E-state index is 12.3. The minimum Gasteiger partial charge on any atom is -0.490 e. The van der Waals surface area contributed by atoms with E-state index in [2.05, 4.69) is 21.7 Å².